The van der Waals surface area contributed by atoms with Crippen LogP contribution < -0.4 is 0 Å². The molecule has 2 aromatic rings. The highest BCUT2D eigenvalue weighted by atomic mass is 32.2. The van der Waals surface area contributed by atoms with Gasteiger partial charge in [-0.2, -0.15) is 4.98 Å². The Morgan fingerprint density at radius 3 is 3.05 bits per heavy atom. The van der Waals surface area contributed by atoms with Crippen LogP contribution in [0.4, 0.5) is 11.6 Å². The van der Waals surface area contributed by atoms with Gasteiger partial charge in [-0.25, -0.2) is 15.1 Å². The molecule has 0 aliphatic heterocycles. The van der Waals surface area contributed by atoms with E-state index in [9.17, 15) is 10.1 Å². The molecule has 0 saturated heterocycles. The quantitative estimate of drug-likeness (QED) is 0.384. The highest BCUT2D eigenvalue weighted by molar-refractivity contribution is 7.99. The highest BCUT2D eigenvalue weighted by Gasteiger charge is 2.17. The van der Waals surface area contributed by atoms with Crippen molar-refractivity contribution < 1.29 is 4.92 Å². The van der Waals surface area contributed by atoms with E-state index < -0.39 is 4.92 Å². The minimum absolute atomic E-state index is 0.0827. The Morgan fingerprint density at radius 2 is 2.35 bits per heavy atom. The molecule has 0 unspecified atom stereocenters. The molecule has 0 amide bonds. The van der Waals surface area contributed by atoms with Crippen molar-refractivity contribution in [3.63, 3.8) is 0 Å². The van der Waals surface area contributed by atoms with Gasteiger partial charge >= 0.3 is 5.69 Å². The monoisotopic (exact) mass is 293 g/mol. The summed E-state index contributed by atoms with van der Waals surface area (Å²) in [4.78, 5) is 24.2. The van der Waals surface area contributed by atoms with Crippen LogP contribution in [0.5, 0.6) is 0 Å². The van der Waals surface area contributed by atoms with Crippen molar-refractivity contribution >= 4 is 29.7 Å². The second-order valence-corrected chi connectivity index (χ2v) is 4.79. The molecule has 9 nitrogen and oxygen atoms in total. The Kier molecular flexibility index (Phi) is 4.25. The second-order valence-electron chi connectivity index (χ2n) is 3.84. The number of H-pyrrole nitrogens is 1. The molecule has 2 aromatic heterocycles. The fourth-order valence-corrected chi connectivity index (χ4v) is 1.96. The standard InChI is InChI=1S/C10H11N7O2S/c1-16(2)6-12-9-13-10(15-14-9)20-8-7(17(18)19)4-3-5-11-8/h3-6H,1-2H3,(H,13,14,15)/b12-6+. The number of hydrogen-bond donors (Lipinski definition) is 1. The molecule has 0 atom stereocenters. The lowest BCUT2D eigenvalue weighted by molar-refractivity contribution is -0.388. The van der Waals surface area contributed by atoms with Gasteiger partial charge in [0.15, 0.2) is 5.03 Å². The average molecular weight is 293 g/mol. The number of nitrogens with zero attached hydrogens (tertiary/aromatic N) is 6. The number of pyridine rings is 1. The molecule has 10 heteroatoms. The van der Waals surface area contributed by atoms with Crippen LogP contribution in [0, 0.1) is 10.1 Å². The first-order valence-corrected chi connectivity index (χ1v) is 6.28. The molecule has 0 saturated carbocycles. The van der Waals surface area contributed by atoms with E-state index >= 15 is 0 Å². The summed E-state index contributed by atoms with van der Waals surface area (Å²) in [6, 6.07) is 2.89. The third kappa shape index (κ3) is 3.51. The zero-order valence-corrected chi connectivity index (χ0v) is 11.5. The average Bonchev–Trinajstić information content (AvgIpc) is 2.84. The van der Waals surface area contributed by atoms with Gasteiger partial charge in [0.2, 0.25) is 11.1 Å². The number of nitrogens with one attached hydrogen (secondary N) is 1. The maximum absolute atomic E-state index is 10.9. The molecular weight excluding hydrogens is 282 g/mol. The first kappa shape index (κ1) is 13.9. The van der Waals surface area contributed by atoms with Crippen LogP contribution in [-0.4, -0.2) is 50.4 Å². The smallest absolute Gasteiger partial charge is 0.301 e. The SMILES string of the molecule is CN(C)/C=N/c1nc(Sc2ncccc2[N+](=O)[O-])n[nH]1. The molecule has 0 radical (unpaired) electrons. The molecule has 0 aliphatic rings. The van der Waals surface area contributed by atoms with Gasteiger partial charge < -0.3 is 4.90 Å². The Labute approximate surface area is 118 Å². The van der Waals surface area contributed by atoms with Crippen molar-refractivity contribution in [3.8, 4) is 0 Å². The molecule has 1 N–H and O–H groups in total. The van der Waals surface area contributed by atoms with Gasteiger partial charge in [0.25, 0.3) is 0 Å². The van der Waals surface area contributed by atoms with Crippen LogP contribution in [0.3, 0.4) is 0 Å². The van der Waals surface area contributed by atoms with Gasteiger partial charge in [-0.15, -0.1) is 5.10 Å². The molecular formula is C10H11N7O2S. The van der Waals surface area contributed by atoms with E-state index in [-0.39, 0.29) is 10.7 Å². The third-order valence-electron chi connectivity index (χ3n) is 2.00. The molecule has 0 fully saturated rings. The molecule has 0 aliphatic carbocycles. The van der Waals surface area contributed by atoms with Crippen molar-refractivity contribution in [3.05, 3.63) is 28.4 Å². The topological polar surface area (TPSA) is 113 Å². The van der Waals surface area contributed by atoms with E-state index in [1.54, 1.807) is 11.2 Å². The van der Waals surface area contributed by atoms with E-state index in [1.807, 2.05) is 14.1 Å². The summed E-state index contributed by atoms with van der Waals surface area (Å²) >= 11 is 1.00. The summed E-state index contributed by atoms with van der Waals surface area (Å²) in [5.74, 6) is 0.319. The summed E-state index contributed by atoms with van der Waals surface area (Å²) in [7, 11) is 3.65. The zero-order chi connectivity index (χ0) is 14.5. The van der Waals surface area contributed by atoms with Gasteiger partial charge in [-0.05, 0) is 17.8 Å². The van der Waals surface area contributed by atoms with Crippen LogP contribution >= 0.6 is 11.8 Å². The van der Waals surface area contributed by atoms with Gasteiger partial charge in [0.1, 0.15) is 0 Å². The first-order valence-electron chi connectivity index (χ1n) is 5.46. The van der Waals surface area contributed by atoms with E-state index in [4.69, 9.17) is 0 Å². The van der Waals surface area contributed by atoms with Crippen LogP contribution in [0.2, 0.25) is 0 Å². The highest BCUT2D eigenvalue weighted by Crippen LogP contribution is 2.30. The van der Waals surface area contributed by atoms with E-state index in [0.29, 0.717) is 11.1 Å². The van der Waals surface area contributed by atoms with E-state index in [1.165, 1.54) is 18.3 Å². The van der Waals surface area contributed by atoms with Crippen LogP contribution in [0.25, 0.3) is 0 Å². The lowest BCUT2D eigenvalue weighted by Gasteiger charge is -1.99. The maximum atomic E-state index is 10.9. The fourth-order valence-electron chi connectivity index (χ4n) is 1.20. The van der Waals surface area contributed by atoms with Crippen LogP contribution in [0.15, 0.2) is 33.5 Å². The molecule has 0 aromatic carbocycles. The Balaban J connectivity index is 2.17. The lowest BCUT2D eigenvalue weighted by Crippen LogP contribution is -2.07. The molecule has 20 heavy (non-hydrogen) atoms. The minimum atomic E-state index is -0.493. The zero-order valence-electron chi connectivity index (χ0n) is 10.7. The Hall–Kier alpha value is -2.49. The summed E-state index contributed by atoms with van der Waals surface area (Å²) in [6.45, 7) is 0. The van der Waals surface area contributed by atoms with Gasteiger partial charge in [-0.3, -0.25) is 10.1 Å². The van der Waals surface area contributed by atoms with E-state index in [0.717, 1.165) is 11.8 Å². The molecule has 0 bridgehead atoms. The predicted molar refractivity (Wildman–Crippen MR) is 73.2 cm³/mol. The molecule has 2 rings (SSSR count). The summed E-state index contributed by atoms with van der Waals surface area (Å²) in [5, 5.41) is 18.0. The van der Waals surface area contributed by atoms with Crippen molar-refractivity contribution in [2.45, 2.75) is 10.2 Å². The number of rotatable bonds is 5. The van der Waals surface area contributed by atoms with Crippen molar-refractivity contribution in [2.24, 2.45) is 4.99 Å². The molecule has 0 spiro atoms. The maximum Gasteiger partial charge on any atom is 0.301 e. The normalized spacial score (nSPS) is 10.9. The Bertz CT molecular complexity index is 640. The number of aromatic nitrogens is 4. The minimum Gasteiger partial charge on any atom is -0.369 e. The first-order chi connectivity index (χ1) is 9.56. The third-order valence-corrected chi connectivity index (χ3v) is 2.87. The summed E-state index contributed by atoms with van der Waals surface area (Å²) in [5.41, 5.74) is -0.0827. The number of aromatic amines is 1. The second kappa shape index (κ2) is 6.10. The van der Waals surface area contributed by atoms with E-state index in [2.05, 4.69) is 25.2 Å². The number of aliphatic imine (C=N–C) groups is 1. The van der Waals surface area contributed by atoms with Crippen molar-refractivity contribution in [1.29, 1.82) is 0 Å². The van der Waals surface area contributed by atoms with Crippen LogP contribution in [0.1, 0.15) is 0 Å². The number of hydrogen-bond acceptors (Lipinski definition) is 7. The number of nitro groups is 1. The predicted octanol–water partition coefficient (Wildman–Crippen LogP) is 1.48. The van der Waals surface area contributed by atoms with Crippen molar-refractivity contribution in [2.75, 3.05) is 14.1 Å². The fraction of sp³-hybridized carbons (Fsp3) is 0.200. The van der Waals surface area contributed by atoms with Gasteiger partial charge in [-0.1, -0.05) is 0 Å². The lowest BCUT2D eigenvalue weighted by atomic mass is 10.4. The molecule has 104 valence electrons. The Morgan fingerprint density at radius 1 is 1.55 bits per heavy atom. The summed E-state index contributed by atoms with van der Waals surface area (Å²) < 4.78 is 0. The largest absolute Gasteiger partial charge is 0.369 e. The van der Waals surface area contributed by atoms with Gasteiger partial charge in [0.05, 0.1) is 11.3 Å². The molecule has 2 heterocycles. The van der Waals surface area contributed by atoms with Gasteiger partial charge in [0, 0.05) is 26.4 Å². The van der Waals surface area contributed by atoms with Crippen LogP contribution in [-0.2, 0) is 0 Å². The summed E-state index contributed by atoms with van der Waals surface area (Å²) in [6.07, 6.45) is 3.05. The van der Waals surface area contributed by atoms with Crippen molar-refractivity contribution in [1.82, 2.24) is 25.1 Å².